The normalized spacial score (nSPS) is 27.1. The highest BCUT2D eigenvalue weighted by molar-refractivity contribution is 5.81. The van der Waals surface area contributed by atoms with Crippen LogP contribution in [0.15, 0.2) is 0 Å². The summed E-state index contributed by atoms with van der Waals surface area (Å²) in [6.45, 7) is 7.03. The van der Waals surface area contributed by atoms with Crippen LogP contribution in [-0.4, -0.2) is 68.4 Å². The van der Waals surface area contributed by atoms with E-state index in [0.29, 0.717) is 0 Å². The van der Waals surface area contributed by atoms with E-state index in [9.17, 15) is 4.79 Å². The predicted molar refractivity (Wildman–Crippen MR) is 71.3 cm³/mol. The quantitative estimate of drug-likeness (QED) is 0.728. The van der Waals surface area contributed by atoms with E-state index in [-0.39, 0.29) is 11.8 Å². The molecular weight excluding hydrogens is 214 g/mol. The molecule has 0 bridgehead atoms. The maximum absolute atomic E-state index is 11.5. The average Bonchev–Trinajstić information content (AvgIpc) is 2.25. The third-order valence-electron chi connectivity index (χ3n) is 3.48. The molecule has 0 aromatic carbocycles. The van der Waals surface area contributed by atoms with E-state index in [4.69, 9.17) is 0 Å². The SMILES string of the molecule is CC(=O)C1CCN(C)CCCN(C)CCCN1. The molecule has 1 N–H and O–H groups in total. The number of carbonyl (C=O) groups is 1. The first-order chi connectivity index (χ1) is 8.09. The first-order valence-electron chi connectivity index (χ1n) is 6.70. The largest absolute Gasteiger partial charge is 0.307 e. The summed E-state index contributed by atoms with van der Waals surface area (Å²) in [5.74, 6) is 0.267. The lowest BCUT2D eigenvalue weighted by atomic mass is 10.1. The van der Waals surface area contributed by atoms with Gasteiger partial charge in [-0.3, -0.25) is 4.79 Å². The molecule has 1 heterocycles. The summed E-state index contributed by atoms with van der Waals surface area (Å²) < 4.78 is 0. The lowest BCUT2D eigenvalue weighted by Gasteiger charge is -2.24. The molecule has 1 aliphatic rings. The number of nitrogens with zero attached hydrogens (tertiary/aromatic N) is 2. The molecular formula is C13H27N3O. The Balaban J connectivity index is 2.45. The minimum absolute atomic E-state index is 0.0437. The van der Waals surface area contributed by atoms with Crippen LogP contribution in [-0.2, 0) is 4.79 Å². The van der Waals surface area contributed by atoms with E-state index in [1.165, 1.54) is 13.0 Å². The molecule has 1 saturated heterocycles. The maximum atomic E-state index is 11.5. The van der Waals surface area contributed by atoms with Crippen LogP contribution in [0.2, 0.25) is 0 Å². The van der Waals surface area contributed by atoms with Gasteiger partial charge in [-0.15, -0.1) is 0 Å². The predicted octanol–water partition coefficient (Wildman–Crippen LogP) is 0.581. The number of carbonyl (C=O) groups excluding carboxylic acids is 1. The minimum Gasteiger partial charge on any atom is -0.307 e. The van der Waals surface area contributed by atoms with Crippen LogP contribution in [0.1, 0.15) is 26.2 Å². The van der Waals surface area contributed by atoms with Gasteiger partial charge in [-0.05, 0) is 73.0 Å². The van der Waals surface area contributed by atoms with Crippen LogP contribution in [0.25, 0.3) is 0 Å². The van der Waals surface area contributed by atoms with Gasteiger partial charge in [-0.2, -0.15) is 0 Å². The second-order valence-electron chi connectivity index (χ2n) is 5.22. The number of hydrogen-bond acceptors (Lipinski definition) is 4. The second-order valence-corrected chi connectivity index (χ2v) is 5.22. The average molecular weight is 241 g/mol. The molecule has 4 heteroatoms. The van der Waals surface area contributed by atoms with Gasteiger partial charge in [-0.1, -0.05) is 0 Å². The molecule has 0 spiro atoms. The van der Waals surface area contributed by atoms with Crippen molar-refractivity contribution in [1.82, 2.24) is 15.1 Å². The highest BCUT2D eigenvalue weighted by atomic mass is 16.1. The summed E-state index contributed by atoms with van der Waals surface area (Å²) in [5.41, 5.74) is 0. The van der Waals surface area contributed by atoms with Crippen LogP contribution >= 0.6 is 0 Å². The molecule has 17 heavy (non-hydrogen) atoms. The molecule has 1 aliphatic heterocycles. The van der Waals surface area contributed by atoms with E-state index < -0.39 is 0 Å². The van der Waals surface area contributed by atoms with Crippen LogP contribution in [0, 0.1) is 0 Å². The van der Waals surface area contributed by atoms with Crippen molar-refractivity contribution in [2.45, 2.75) is 32.2 Å². The Morgan fingerprint density at radius 3 is 2.29 bits per heavy atom. The van der Waals surface area contributed by atoms with Crippen molar-refractivity contribution in [2.24, 2.45) is 0 Å². The third kappa shape index (κ3) is 6.15. The van der Waals surface area contributed by atoms with Gasteiger partial charge in [0, 0.05) is 0 Å². The van der Waals surface area contributed by atoms with Gasteiger partial charge < -0.3 is 15.1 Å². The molecule has 0 aliphatic carbocycles. The summed E-state index contributed by atoms with van der Waals surface area (Å²) in [4.78, 5) is 16.2. The van der Waals surface area contributed by atoms with Gasteiger partial charge in [-0.25, -0.2) is 0 Å². The first kappa shape index (κ1) is 14.6. The number of nitrogens with one attached hydrogen (secondary N) is 1. The Labute approximate surface area is 105 Å². The molecule has 0 saturated carbocycles. The lowest BCUT2D eigenvalue weighted by molar-refractivity contribution is -0.119. The fraction of sp³-hybridized carbons (Fsp3) is 0.923. The monoisotopic (exact) mass is 241 g/mol. The molecule has 0 amide bonds. The fourth-order valence-corrected chi connectivity index (χ4v) is 2.26. The van der Waals surface area contributed by atoms with Crippen molar-refractivity contribution in [3.05, 3.63) is 0 Å². The molecule has 4 nitrogen and oxygen atoms in total. The van der Waals surface area contributed by atoms with E-state index in [1.54, 1.807) is 6.92 Å². The second kappa shape index (κ2) is 7.80. The van der Waals surface area contributed by atoms with Gasteiger partial charge >= 0.3 is 0 Å². The minimum atomic E-state index is 0.0437. The van der Waals surface area contributed by atoms with Crippen molar-refractivity contribution in [3.63, 3.8) is 0 Å². The van der Waals surface area contributed by atoms with Crippen LogP contribution in [0.4, 0.5) is 0 Å². The fourth-order valence-electron chi connectivity index (χ4n) is 2.26. The standard InChI is InChI=1S/C13H27N3O/c1-12(17)13-6-11-16(3)10-5-9-15(2)8-4-7-14-13/h13-14H,4-11H2,1-3H3. The number of hydrogen-bond donors (Lipinski definition) is 1. The van der Waals surface area contributed by atoms with Gasteiger partial charge in [0.2, 0.25) is 0 Å². The molecule has 1 rings (SSSR count). The summed E-state index contributed by atoms with van der Waals surface area (Å²) >= 11 is 0. The summed E-state index contributed by atoms with van der Waals surface area (Å²) in [7, 11) is 4.32. The van der Waals surface area contributed by atoms with Crippen LogP contribution < -0.4 is 5.32 Å². The zero-order chi connectivity index (χ0) is 12.7. The first-order valence-corrected chi connectivity index (χ1v) is 6.70. The zero-order valence-electron chi connectivity index (χ0n) is 11.5. The molecule has 1 atom stereocenters. The van der Waals surface area contributed by atoms with E-state index >= 15 is 0 Å². The topological polar surface area (TPSA) is 35.6 Å². The maximum Gasteiger partial charge on any atom is 0.146 e. The summed E-state index contributed by atoms with van der Waals surface area (Å²) in [6.07, 6.45) is 3.27. The van der Waals surface area contributed by atoms with Gasteiger partial charge in [0.1, 0.15) is 5.78 Å². The van der Waals surface area contributed by atoms with Crippen molar-refractivity contribution in [1.29, 1.82) is 0 Å². The number of rotatable bonds is 1. The Kier molecular flexibility index (Phi) is 6.70. The van der Waals surface area contributed by atoms with E-state index in [1.807, 2.05) is 0 Å². The van der Waals surface area contributed by atoms with Crippen molar-refractivity contribution < 1.29 is 4.79 Å². The summed E-state index contributed by atoms with van der Waals surface area (Å²) in [5, 5.41) is 3.38. The highest BCUT2D eigenvalue weighted by Gasteiger charge is 2.14. The molecule has 100 valence electrons. The molecule has 0 aromatic rings. The summed E-state index contributed by atoms with van der Waals surface area (Å²) in [6, 6.07) is 0.0437. The molecule has 1 fully saturated rings. The Hall–Kier alpha value is -0.450. The number of Topliss-reactive ketones (excluding diaryl/α,β-unsaturated/α-hetero) is 1. The highest BCUT2D eigenvalue weighted by Crippen LogP contribution is 2.01. The van der Waals surface area contributed by atoms with Crippen molar-refractivity contribution in [3.8, 4) is 0 Å². The molecule has 0 aromatic heterocycles. The van der Waals surface area contributed by atoms with E-state index in [0.717, 1.165) is 39.0 Å². The number of ketones is 1. The van der Waals surface area contributed by atoms with Gasteiger partial charge in [0.25, 0.3) is 0 Å². The molecule has 1 unspecified atom stereocenters. The van der Waals surface area contributed by atoms with Crippen molar-refractivity contribution >= 4 is 5.78 Å². The Bertz CT molecular complexity index is 233. The smallest absolute Gasteiger partial charge is 0.146 e. The van der Waals surface area contributed by atoms with Gasteiger partial charge in [0.15, 0.2) is 0 Å². The van der Waals surface area contributed by atoms with Crippen LogP contribution in [0.5, 0.6) is 0 Å². The zero-order valence-corrected chi connectivity index (χ0v) is 11.5. The third-order valence-corrected chi connectivity index (χ3v) is 3.48. The van der Waals surface area contributed by atoms with Gasteiger partial charge in [0.05, 0.1) is 6.04 Å². The van der Waals surface area contributed by atoms with Crippen LogP contribution in [0.3, 0.4) is 0 Å². The Morgan fingerprint density at radius 1 is 1.06 bits per heavy atom. The van der Waals surface area contributed by atoms with E-state index in [2.05, 4.69) is 29.2 Å². The lowest BCUT2D eigenvalue weighted by Crippen LogP contribution is -2.40. The Morgan fingerprint density at radius 2 is 1.65 bits per heavy atom. The van der Waals surface area contributed by atoms with Crippen molar-refractivity contribution in [2.75, 3.05) is 46.8 Å². The molecule has 0 radical (unpaired) electrons.